The van der Waals surface area contributed by atoms with Gasteiger partial charge in [0.15, 0.2) is 0 Å². The van der Waals surface area contributed by atoms with Gasteiger partial charge in [0, 0.05) is 13.2 Å². The lowest BCUT2D eigenvalue weighted by molar-refractivity contribution is 0.448. The van der Waals surface area contributed by atoms with Crippen molar-refractivity contribution in [1.82, 2.24) is 4.90 Å². The second-order valence-electron chi connectivity index (χ2n) is 3.27. The Kier molecular flexibility index (Phi) is 5.20. The fourth-order valence-corrected chi connectivity index (χ4v) is 2.63. The summed E-state index contributed by atoms with van der Waals surface area (Å²) in [5.74, 6) is 0. The van der Waals surface area contributed by atoms with Gasteiger partial charge in [-0.2, -0.15) is 0 Å². The highest BCUT2D eigenvalue weighted by Gasteiger charge is 2.19. The van der Waals surface area contributed by atoms with E-state index < -0.39 is 0 Å². The van der Waals surface area contributed by atoms with Gasteiger partial charge in [0.05, 0.1) is 0 Å². The predicted molar refractivity (Wildman–Crippen MR) is 75.1 cm³/mol. The Labute approximate surface area is 103 Å². The Hall–Kier alpha value is -1.15. The van der Waals surface area contributed by atoms with E-state index in [1.807, 2.05) is 37.8 Å². The van der Waals surface area contributed by atoms with Crippen molar-refractivity contribution in [3.63, 3.8) is 0 Å². The summed E-state index contributed by atoms with van der Waals surface area (Å²) in [4.78, 5) is 2.22. The number of hydrogen-bond donors (Lipinski definition) is 0. The average molecular weight is 233 g/mol. The fraction of sp³-hybridized carbons (Fsp3) is 0.286. The van der Waals surface area contributed by atoms with Crippen molar-refractivity contribution in [3.05, 3.63) is 53.6 Å². The van der Waals surface area contributed by atoms with Crippen LogP contribution in [-0.2, 0) is 0 Å². The van der Waals surface area contributed by atoms with Gasteiger partial charge in [-0.05, 0) is 16.5 Å². The third-order valence-electron chi connectivity index (χ3n) is 2.36. The van der Waals surface area contributed by atoms with E-state index in [1.165, 1.54) is 11.1 Å². The topological polar surface area (TPSA) is 3.24 Å². The zero-order valence-electron chi connectivity index (χ0n) is 10.2. The van der Waals surface area contributed by atoms with Gasteiger partial charge in [-0.1, -0.05) is 50.8 Å². The minimum atomic E-state index is 0.407. The van der Waals surface area contributed by atoms with Crippen LogP contribution < -0.4 is 0 Å². The average Bonchev–Trinajstić information content (AvgIpc) is 2.78. The van der Waals surface area contributed by atoms with Gasteiger partial charge in [0.25, 0.3) is 0 Å². The fourth-order valence-electron chi connectivity index (χ4n) is 1.59. The molecule has 0 radical (unpaired) electrons. The molecule has 0 fully saturated rings. The zero-order valence-corrected chi connectivity index (χ0v) is 11.0. The molecule has 0 amide bonds. The van der Waals surface area contributed by atoms with Crippen molar-refractivity contribution < 1.29 is 0 Å². The van der Waals surface area contributed by atoms with Crippen LogP contribution in [-0.4, -0.2) is 11.9 Å². The molecule has 2 heteroatoms. The van der Waals surface area contributed by atoms with Crippen molar-refractivity contribution in [2.24, 2.45) is 0 Å². The normalized spacial score (nSPS) is 17.9. The molecule has 1 heterocycles. The third kappa shape index (κ3) is 2.70. The van der Waals surface area contributed by atoms with Gasteiger partial charge >= 0.3 is 0 Å². The van der Waals surface area contributed by atoms with E-state index in [9.17, 15) is 0 Å². The first kappa shape index (κ1) is 12.9. The zero-order chi connectivity index (χ0) is 12.0. The van der Waals surface area contributed by atoms with Crippen molar-refractivity contribution in [1.29, 1.82) is 0 Å². The predicted octanol–water partition coefficient (Wildman–Crippen LogP) is 4.50. The van der Waals surface area contributed by atoms with Gasteiger partial charge in [0.2, 0.25) is 0 Å². The smallest absolute Gasteiger partial charge is 0.104 e. The van der Waals surface area contributed by atoms with Gasteiger partial charge in [-0.3, -0.25) is 0 Å². The minimum Gasteiger partial charge on any atom is -0.364 e. The first-order chi connectivity index (χ1) is 7.83. The quantitative estimate of drug-likeness (QED) is 0.739. The van der Waals surface area contributed by atoms with Crippen LogP contribution in [0.1, 0.15) is 30.3 Å². The number of nitrogens with zero attached hydrogens (tertiary/aromatic N) is 1. The highest BCUT2D eigenvalue weighted by atomic mass is 32.2. The molecule has 1 aromatic carbocycles. The molecule has 0 saturated carbocycles. The van der Waals surface area contributed by atoms with E-state index in [4.69, 9.17) is 0 Å². The molecule has 1 atom stereocenters. The molecule has 2 rings (SSSR count). The van der Waals surface area contributed by atoms with E-state index in [2.05, 4.69) is 48.3 Å². The van der Waals surface area contributed by atoms with Crippen LogP contribution in [0, 0.1) is 0 Å². The second kappa shape index (κ2) is 6.44. The summed E-state index contributed by atoms with van der Waals surface area (Å²) in [6.45, 7) is 7.84. The van der Waals surface area contributed by atoms with Gasteiger partial charge in [-0.25, -0.2) is 0 Å². The maximum absolute atomic E-state index is 3.84. The SMILES string of the molecule is C=Cc1ccccc1C1SC=CN1C.CC. The van der Waals surface area contributed by atoms with E-state index in [1.54, 1.807) is 0 Å². The van der Waals surface area contributed by atoms with Crippen LogP contribution in [0.2, 0.25) is 0 Å². The van der Waals surface area contributed by atoms with Crippen LogP contribution in [0.25, 0.3) is 6.08 Å². The van der Waals surface area contributed by atoms with Gasteiger partial charge in [0.1, 0.15) is 5.37 Å². The summed E-state index contributed by atoms with van der Waals surface area (Å²) in [6.07, 6.45) is 4.03. The second-order valence-corrected chi connectivity index (χ2v) is 4.26. The first-order valence-corrected chi connectivity index (χ1v) is 6.52. The van der Waals surface area contributed by atoms with Crippen molar-refractivity contribution >= 4 is 17.8 Å². The molecule has 0 aromatic heterocycles. The maximum Gasteiger partial charge on any atom is 0.104 e. The lowest BCUT2D eigenvalue weighted by atomic mass is 10.1. The standard InChI is InChI=1S/C12H13NS.C2H6/c1-3-10-6-4-5-7-11(10)12-13(2)8-9-14-12;1-2/h3-9,12H,1H2,2H3;1-2H3. The molecule has 1 aliphatic rings. The summed E-state index contributed by atoms with van der Waals surface area (Å²) >= 11 is 1.83. The lowest BCUT2D eigenvalue weighted by Gasteiger charge is -2.21. The number of thioether (sulfide) groups is 1. The van der Waals surface area contributed by atoms with E-state index in [-0.39, 0.29) is 0 Å². The Morgan fingerprint density at radius 1 is 1.31 bits per heavy atom. The van der Waals surface area contributed by atoms with Crippen LogP contribution in [0.5, 0.6) is 0 Å². The van der Waals surface area contributed by atoms with E-state index in [0.717, 1.165) is 0 Å². The largest absolute Gasteiger partial charge is 0.364 e. The number of rotatable bonds is 2. The Balaban J connectivity index is 0.000000606. The van der Waals surface area contributed by atoms with Gasteiger partial charge < -0.3 is 4.90 Å². The summed E-state index contributed by atoms with van der Waals surface area (Å²) in [5.41, 5.74) is 2.56. The highest BCUT2D eigenvalue weighted by Crippen LogP contribution is 2.39. The molecule has 0 aliphatic carbocycles. The van der Waals surface area contributed by atoms with Gasteiger partial charge in [-0.15, -0.1) is 11.8 Å². The molecule has 1 aliphatic heterocycles. The molecule has 16 heavy (non-hydrogen) atoms. The molecule has 0 N–H and O–H groups in total. The Morgan fingerprint density at radius 3 is 2.56 bits per heavy atom. The van der Waals surface area contributed by atoms with Crippen LogP contribution in [0.15, 0.2) is 42.5 Å². The Bertz CT molecular complexity index is 371. The molecule has 1 unspecified atom stereocenters. The molecule has 0 saturated heterocycles. The molecule has 0 spiro atoms. The molecule has 1 nitrogen and oxygen atoms in total. The number of hydrogen-bond acceptors (Lipinski definition) is 2. The van der Waals surface area contributed by atoms with Crippen LogP contribution in [0.4, 0.5) is 0 Å². The maximum atomic E-state index is 3.84. The monoisotopic (exact) mass is 233 g/mol. The van der Waals surface area contributed by atoms with Crippen LogP contribution in [0.3, 0.4) is 0 Å². The van der Waals surface area contributed by atoms with Crippen LogP contribution >= 0.6 is 11.8 Å². The summed E-state index contributed by atoms with van der Waals surface area (Å²) in [7, 11) is 2.10. The van der Waals surface area contributed by atoms with Crippen molar-refractivity contribution in [3.8, 4) is 0 Å². The molecule has 0 bridgehead atoms. The van der Waals surface area contributed by atoms with Crippen molar-refractivity contribution in [2.45, 2.75) is 19.2 Å². The summed E-state index contributed by atoms with van der Waals surface area (Å²) in [5, 5.41) is 2.54. The molecular formula is C14H19NS. The highest BCUT2D eigenvalue weighted by molar-refractivity contribution is 8.02. The Morgan fingerprint density at radius 2 is 2.00 bits per heavy atom. The van der Waals surface area contributed by atoms with Crippen molar-refractivity contribution in [2.75, 3.05) is 7.05 Å². The molecular weight excluding hydrogens is 214 g/mol. The summed E-state index contributed by atoms with van der Waals surface area (Å²) < 4.78 is 0. The summed E-state index contributed by atoms with van der Waals surface area (Å²) in [6, 6.07) is 8.40. The molecule has 1 aromatic rings. The number of benzene rings is 1. The minimum absolute atomic E-state index is 0.407. The molecule has 86 valence electrons. The van der Waals surface area contributed by atoms with E-state index in [0.29, 0.717) is 5.37 Å². The lowest BCUT2D eigenvalue weighted by Crippen LogP contribution is -2.12. The van der Waals surface area contributed by atoms with E-state index >= 15 is 0 Å². The first-order valence-electron chi connectivity index (χ1n) is 5.58. The third-order valence-corrected chi connectivity index (χ3v) is 3.48.